The molecule has 2 fully saturated rings. The normalized spacial score (nSPS) is 41.4. The number of nitrogens with one attached hydrogen (secondary N) is 2. The van der Waals surface area contributed by atoms with Gasteiger partial charge in [-0.3, -0.25) is 14.4 Å². The quantitative estimate of drug-likeness (QED) is 0.392. The summed E-state index contributed by atoms with van der Waals surface area (Å²) in [6.45, 7) is 5.01. The van der Waals surface area contributed by atoms with Crippen LogP contribution in [0, 0.1) is 35.5 Å². The Morgan fingerprint density at radius 3 is 2.54 bits per heavy atom. The highest BCUT2D eigenvalue weighted by Crippen LogP contribution is 2.52. The summed E-state index contributed by atoms with van der Waals surface area (Å²) in [6, 6.07) is -0.677. The van der Waals surface area contributed by atoms with E-state index in [0.717, 1.165) is 0 Å². The van der Waals surface area contributed by atoms with E-state index in [0.29, 0.717) is 43.1 Å². The van der Waals surface area contributed by atoms with Gasteiger partial charge in [0.05, 0.1) is 6.04 Å². The van der Waals surface area contributed by atoms with Gasteiger partial charge in [-0.25, -0.2) is 0 Å². The number of ketones is 1. The van der Waals surface area contributed by atoms with Gasteiger partial charge < -0.3 is 15.7 Å². The van der Waals surface area contributed by atoms with Crippen molar-refractivity contribution in [1.29, 1.82) is 0 Å². The summed E-state index contributed by atoms with van der Waals surface area (Å²) in [6.07, 6.45) is 22.5. The standard InChI is InChI=1S/C29H36N2O4/c1-3-20-18(2)17-23-21-10-5-6-12-25(32)27-28(34)24(31-29(27)35)11-8-16-30-26(33)13-7-4-9-19(21)14-15-22(20)23/h4-7,9-10,12-15,18-24,32H,3,8,11,16-17H2,1-2H3,(H,30,33)(H,31,35)/b9-4+,10-5+,12-6+,13-7+,27-25-/t18-,19+,20-,21+,22+,23-,24+/m1/s1. The van der Waals surface area contributed by atoms with Crippen LogP contribution in [0.4, 0.5) is 0 Å². The van der Waals surface area contributed by atoms with Crippen LogP contribution in [0.2, 0.25) is 0 Å². The number of aliphatic hydroxyl groups is 1. The first kappa shape index (κ1) is 25.0. The number of Topliss-reactive ketones (excluding diaryl/α,β-unsaturated/α-hetero) is 1. The molecular formula is C29H36N2O4. The lowest BCUT2D eigenvalue weighted by Crippen LogP contribution is -2.30. The Kier molecular flexibility index (Phi) is 7.89. The number of aliphatic hydroxyl groups excluding tert-OH is 1. The summed E-state index contributed by atoms with van der Waals surface area (Å²) in [5.41, 5.74) is -0.193. The number of carbonyl (C=O) groups is 3. The second kappa shape index (κ2) is 11.1. The highest BCUT2D eigenvalue weighted by Gasteiger charge is 2.44. The van der Waals surface area contributed by atoms with Gasteiger partial charge >= 0.3 is 0 Å². The summed E-state index contributed by atoms with van der Waals surface area (Å²) in [7, 11) is 0. The molecule has 0 aromatic carbocycles. The van der Waals surface area contributed by atoms with Gasteiger partial charge in [-0.1, -0.05) is 68.9 Å². The van der Waals surface area contributed by atoms with Gasteiger partial charge in [0.1, 0.15) is 11.3 Å². The van der Waals surface area contributed by atoms with Gasteiger partial charge in [0, 0.05) is 18.5 Å². The number of carbonyl (C=O) groups excluding carboxylic acids is 3. The Balaban J connectivity index is 1.64. The van der Waals surface area contributed by atoms with Gasteiger partial charge in [0.2, 0.25) is 5.91 Å². The molecule has 2 aliphatic carbocycles. The van der Waals surface area contributed by atoms with Crippen molar-refractivity contribution in [3.05, 3.63) is 72.1 Å². The van der Waals surface area contributed by atoms with Crippen LogP contribution in [-0.2, 0) is 14.4 Å². The summed E-state index contributed by atoms with van der Waals surface area (Å²) < 4.78 is 0. The van der Waals surface area contributed by atoms with Crippen LogP contribution < -0.4 is 10.6 Å². The maximum Gasteiger partial charge on any atom is 0.259 e. The Bertz CT molecular complexity index is 1030. The number of amides is 2. The average molecular weight is 477 g/mol. The van der Waals surface area contributed by atoms with E-state index in [1.54, 1.807) is 12.2 Å². The lowest BCUT2D eigenvalue weighted by Gasteiger charge is -2.35. The molecule has 4 rings (SSSR count). The number of hydrogen-bond donors (Lipinski definition) is 3. The van der Waals surface area contributed by atoms with Gasteiger partial charge in [0.25, 0.3) is 5.91 Å². The molecule has 2 bridgehead atoms. The minimum absolute atomic E-state index is 0.192. The number of allylic oxidation sites excluding steroid dienone is 9. The molecule has 3 N–H and O–H groups in total. The second-order valence-electron chi connectivity index (χ2n) is 10.1. The molecule has 6 nitrogen and oxygen atoms in total. The fourth-order valence-electron chi connectivity index (χ4n) is 6.33. The highest BCUT2D eigenvalue weighted by molar-refractivity contribution is 6.27. The van der Waals surface area contributed by atoms with Crippen molar-refractivity contribution in [2.45, 2.75) is 45.6 Å². The van der Waals surface area contributed by atoms with Gasteiger partial charge in [-0.2, -0.15) is 0 Å². The molecule has 6 heteroatoms. The molecule has 2 amide bonds. The highest BCUT2D eigenvalue weighted by atomic mass is 16.3. The van der Waals surface area contributed by atoms with E-state index >= 15 is 0 Å². The van der Waals surface area contributed by atoms with Crippen molar-refractivity contribution in [3.63, 3.8) is 0 Å². The van der Waals surface area contributed by atoms with Crippen LogP contribution in [-0.4, -0.2) is 35.3 Å². The van der Waals surface area contributed by atoms with Crippen LogP contribution in [0.15, 0.2) is 72.1 Å². The smallest absolute Gasteiger partial charge is 0.259 e. The van der Waals surface area contributed by atoms with Crippen LogP contribution in [0.1, 0.15) is 39.5 Å². The van der Waals surface area contributed by atoms with E-state index < -0.39 is 17.7 Å². The molecular weight excluding hydrogens is 440 g/mol. The molecule has 2 aliphatic heterocycles. The molecule has 0 unspecified atom stereocenters. The predicted molar refractivity (Wildman–Crippen MR) is 136 cm³/mol. The van der Waals surface area contributed by atoms with E-state index in [1.165, 1.54) is 25.0 Å². The number of fused-ring (bicyclic) bond motifs is 5. The molecule has 0 aromatic heterocycles. The second-order valence-corrected chi connectivity index (χ2v) is 10.1. The van der Waals surface area contributed by atoms with E-state index in [9.17, 15) is 19.5 Å². The Labute approximate surface area is 207 Å². The van der Waals surface area contributed by atoms with Crippen molar-refractivity contribution in [2.75, 3.05) is 6.54 Å². The van der Waals surface area contributed by atoms with E-state index in [-0.39, 0.29) is 29.1 Å². The van der Waals surface area contributed by atoms with Gasteiger partial charge in [-0.05, 0) is 54.9 Å². The number of hydrogen-bond acceptors (Lipinski definition) is 4. The van der Waals surface area contributed by atoms with Crippen LogP contribution >= 0.6 is 0 Å². The average Bonchev–Trinajstić information content (AvgIpc) is 3.31. The molecule has 1 saturated heterocycles. The van der Waals surface area contributed by atoms with Gasteiger partial charge in [-0.15, -0.1) is 0 Å². The summed E-state index contributed by atoms with van der Waals surface area (Å²) >= 11 is 0. The largest absolute Gasteiger partial charge is 0.507 e. The van der Waals surface area contributed by atoms with Crippen molar-refractivity contribution in [3.8, 4) is 0 Å². The maximum atomic E-state index is 12.7. The first-order valence-electron chi connectivity index (χ1n) is 12.8. The topological polar surface area (TPSA) is 95.5 Å². The first-order valence-corrected chi connectivity index (χ1v) is 12.8. The molecule has 186 valence electrons. The summed E-state index contributed by atoms with van der Waals surface area (Å²) in [5, 5.41) is 15.9. The maximum absolute atomic E-state index is 12.7. The molecule has 2 heterocycles. The van der Waals surface area contributed by atoms with E-state index in [2.05, 4.69) is 48.8 Å². The molecule has 1 saturated carbocycles. The number of rotatable bonds is 1. The van der Waals surface area contributed by atoms with Crippen LogP contribution in [0.25, 0.3) is 0 Å². The van der Waals surface area contributed by atoms with Crippen LogP contribution in [0.3, 0.4) is 0 Å². The summed E-state index contributed by atoms with van der Waals surface area (Å²) in [4.78, 5) is 37.1. The fraction of sp³-hybridized carbons (Fsp3) is 0.483. The minimum atomic E-state index is -0.677. The monoisotopic (exact) mass is 476 g/mol. The lowest BCUT2D eigenvalue weighted by molar-refractivity contribution is -0.118. The third-order valence-corrected chi connectivity index (χ3v) is 8.04. The SMILES string of the molecule is CC[C@H]1[C@@H]2C=C[C@@H]3/C=C/C=C/C(=O)NCCC[C@@H]4NC(=O)/C(=C(O)/C=C/C=C/[C@@H]3[C@H]2C[C@H]1C)C4=O. The molecule has 0 aromatic rings. The zero-order valence-electron chi connectivity index (χ0n) is 20.5. The van der Waals surface area contributed by atoms with Gasteiger partial charge in [0.15, 0.2) is 5.78 Å². The first-order chi connectivity index (χ1) is 16.9. The van der Waals surface area contributed by atoms with Crippen molar-refractivity contribution in [1.82, 2.24) is 10.6 Å². The zero-order chi connectivity index (χ0) is 24.9. The Morgan fingerprint density at radius 1 is 0.971 bits per heavy atom. The third-order valence-electron chi connectivity index (χ3n) is 8.04. The fourth-order valence-corrected chi connectivity index (χ4v) is 6.33. The Hall–Kier alpha value is -3.15. The zero-order valence-corrected chi connectivity index (χ0v) is 20.5. The van der Waals surface area contributed by atoms with Crippen LogP contribution in [0.5, 0.6) is 0 Å². The van der Waals surface area contributed by atoms with E-state index in [1.807, 2.05) is 12.2 Å². The third kappa shape index (κ3) is 5.42. The summed E-state index contributed by atoms with van der Waals surface area (Å²) in [5.74, 6) is 1.45. The van der Waals surface area contributed by atoms with E-state index in [4.69, 9.17) is 0 Å². The molecule has 0 spiro atoms. The minimum Gasteiger partial charge on any atom is -0.507 e. The van der Waals surface area contributed by atoms with Crippen molar-refractivity contribution in [2.24, 2.45) is 35.5 Å². The lowest BCUT2D eigenvalue weighted by atomic mass is 9.70. The Morgan fingerprint density at radius 2 is 1.74 bits per heavy atom. The molecule has 7 atom stereocenters. The molecule has 35 heavy (non-hydrogen) atoms. The van der Waals surface area contributed by atoms with Crippen molar-refractivity contribution >= 4 is 17.6 Å². The van der Waals surface area contributed by atoms with Crippen molar-refractivity contribution < 1.29 is 19.5 Å². The molecule has 0 radical (unpaired) electrons. The predicted octanol–water partition coefficient (Wildman–Crippen LogP) is 4.10. The molecule has 4 aliphatic rings.